The van der Waals surface area contributed by atoms with E-state index in [1.165, 1.54) is 0 Å². The van der Waals surface area contributed by atoms with Crippen LogP contribution in [0, 0.1) is 0 Å². The average molecular weight is 353 g/mol. The third-order valence-electron chi connectivity index (χ3n) is 4.63. The Labute approximate surface area is 152 Å². The topological polar surface area (TPSA) is 95.7 Å². The molecule has 2 aromatic rings. The van der Waals surface area contributed by atoms with Crippen LogP contribution in [0.15, 0.2) is 48.5 Å². The number of carbonyl (C=O) groups excluding carboxylic acids is 2. The first-order valence-corrected chi connectivity index (χ1v) is 8.72. The van der Waals surface area contributed by atoms with Gasteiger partial charge in [0, 0.05) is 24.7 Å². The van der Waals surface area contributed by atoms with E-state index in [9.17, 15) is 14.7 Å². The lowest BCUT2D eigenvalue weighted by Gasteiger charge is -2.31. The summed E-state index contributed by atoms with van der Waals surface area (Å²) in [4.78, 5) is 25.6. The van der Waals surface area contributed by atoms with E-state index in [0.29, 0.717) is 5.56 Å². The zero-order valence-corrected chi connectivity index (χ0v) is 14.5. The van der Waals surface area contributed by atoms with Crippen LogP contribution in [0.1, 0.15) is 23.2 Å². The fraction of sp³-hybridized carbons (Fsp3) is 0.300. The van der Waals surface area contributed by atoms with Crippen molar-refractivity contribution in [2.45, 2.75) is 18.9 Å². The maximum Gasteiger partial charge on any atom is 0.251 e. The van der Waals surface area contributed by atoms with Gasteiger partial charge in [0.05, 0.1) is 6.54 Å². The van der Waals surface area contributed by atoms with Gasteiger partial charge in [0.25, 0.3) is 5.91 Å². The standard InChI is InChI=1S/C20H23N3O3/c21-19(25)13-23-10-8-17(9-11-23)22-20(26)16-3-1-2-15(12-16)14-4-6-18(24)7-5-14/h1-7,12,17,24H,8-11,13H2,(H2,21,25)(H,22,26). The first-order valence-electron chi connectivity index (χ1n) is 8.72. The van der Waals surface area contributed by atoms with Gasteiger partial charge in [0.2, 0.25) is 5.91 Å². The molecule has 1 saturated heterocycles. The first kappa shape index (κ1) is 17.9. The molecule has 1 heterocycles. The summed E-state index contributed by atoms with van der Waals surface area (Å²) in [5.41, 5.74) is 7.69. The number of carbonyl (C=O) groups is 2. The Morgan fingerprint density at radius 3 is 2.42 bits per heavy atom. The van der Waals surface area contributed by atoms with Gasteiger partial charge in [0.1, 0.15) is 5.75 Å². The number of primary amides is 1. The Morgan fingerprint density at radius 1 is 1.08 bits per heavy atom. The number of hydrogen-bond acceptors (Lipinski definition) is 4. The van der Waals surface area contributed by atoms with Crippen molar-refractivity contribution < 1.29 is 14.7 Å². The zero-order valence-electron chi connectivity index (χ0n) is 14.5. The smallest absolute Gasteiger partial charge is 0.251 e. The Hall–Kier alpha value is -2.86. The fourth-order valence-electron chi connectivity index (χ4n) is 3.22. The molecule has 0 unspecified atom stereocenters. The highest BCUT2D eigenvalue weighted by molar-refractivity contribution is 5.95. The number of nitrogens with zero attached hydrogens (tertiary/aromatic N) is 1. The summed E-state index contributed by atoms with van der Waals surface area (Å²) in [6.45, 7) is 1.78. The van der Waals surface area contributed by atoms with E-state index in [1.807, 2.05) is 35.2 Å². The first-order chi connectivity index (χ1) is 12.5. The van der Waals surface area contributed by atoms with E-state index in [4.69, 9.17) is 5.73 Å². The molecule has 0 saturated carbocycles. The summed E-state index contributed by atoms with van der Waals surface area (Å²) in [6, 6.07) is 14.4. The molecule has 1 aliphatic rings. The summed E-state index contributed by atoms with van der Waals surface area (Å²) in [5.74, 6) is -0.206. The quantitative estimate of drug-likeness (QED) is 0.763. The van der Waals surface area contributed by atoms with Gasteiger partial charge in [-0.2, -0.15) is 0 Å². The van der Waals surface area contributed by atoms with Gasteiger partial charge in [-0.15, -0.1) is 0 Å². The van der Waals surface area contributed by atoms with E-state index in [0.717, 1.165) is 37.1 Å². The predicted octanol–water partition coefficient (Wildman–Crippen LogP) is 1.74. The molecule has 0 aliphatic carbocycles. The van der Waals surface area contributed by atoms with Crippen molar-refractivity contribution in [1.29, 1.82) is 0 Å². The van der Waals surface area contributed by atoms with E-state index in [2.05, 4.69) is 5.32 Å². The molecule has 26 heavy (non-hydrogen) atoms. The largest absolute Gasteiger partial charge is 0.508 e. The van der Waals surface area contributed by atoms with Crippen LogP contribution in [0.4, 0.5) is 0 Å². The number of amides is 2. The number of piperidine rings is 1. The number of aromatic hydroxyl groups is 1. The lowest BCUT2D eigenvalue weighted by atomic mass is 10.0. The number of benzene rings is 2. The minimum Gasteiger partial charge on any atom is -0.508 e. The summed E-state index contributed by atoms with van der Waals surface area (Å²) in [7, 11) is 0. The molecule has 1 fully saturated rings. The van der Waals surface area contributed by atoms with Crippen LogP contribution in [0.3, 0.4) is 0 Å². The number of hydrogen-bond donors (Lipinski definition) is 3. The molecular formula is C20H23N3O3. The Balaban J connectivity index is 1.61. The molecule has 6 heteroatoms. The van der Waals surface area contributed by atoms with Crippen LogP contribution >= 0.6 is 0 Å². The molecule has 4 N–H and O–H groups in total. The van der Waals surface area contributed by atoms with E-state index < -0.39 is 0 Å². The van der Waals surface area contributed by atoms with Gasteiger partial charge in [-0.05, 0) is 48.2 Å². The fourth-order valence-corrected chi connectivity index (χ4v) is 3.22. The summed E-state index contributed by atoms with van der Waals surface area (Å²) >= 11 is 0. The van der Waals surface area contributed by atoms with Crippen LogP contribution in [0.5, 0.6) is 5.75 Å². The Kier molecular flexibility index (Phi) is 5.53. The van der Waals surface area contributed by atoms with Gasteiger partial charge in [0.15, 0.2) is 0 Å². The molecule has 136 valence electrons. The number of rotatable bonds is 5. The van der Waals surface area contributed by atoms with Crippen molar-refractivity contribution in [1.82, 2.24) is 10.2 Å². The second kappa shape index (κ2) is 8.01. The normalized spacial score (nSPS) is 15.5. The van der Waals surface area contributed by atoms with Gasteiger partial charge in [-0.3, -0.25) is 14.5 Å². The highest BCUT2D eigenvalue weighted by Crippen LogP contribution is 2.23. The number of nitrogens with two attached hydrogens (primary N) is 1. The SMILES string of the molecule is NC(=O)CN1CCC(NC(=O)c2cccc(-c3ccc(O)cc3)c2)CC1. The second-order valence-corrected chi connectivity index (χ2v) is 6.62. The van der Waals surface area contributed by atoms with Gasteiger partial charge < -0.3 is 16.2 Å². The molecule has 2 amide bonds. The van der Waals surface area contributed by atoms with Crippen LogP contribution in [-0.2, 0) is 4.79 Å². The molecule has 0 radical (unpaired) electrons. The maximum absolute atomic E-state index is 12.6. The Morgan fingerprint density at radius 2 is 1.77 bits per heavy atom. The number of nitrogens with one attached hydrogen (secondary N) is 1. The number of phenolic OH excluding ortho intramolecular Hbond substituents is 1. The van der Waals surface area contributed by atoms with Crippen LogP contribution < -0.4 is 11.1 Å². The monoisotopic (exact) mass is 353 g/mol. The minimum atomic E-state index is -0.321. The highest BCUT2D eigenvalue weighted by Gasteiger charge is 2.22. The van der Waals surface area contributed by atoms with Crippen molar-refractivity contribution in [3.8, 4) is 16.9 Å². The molecule has 2 aromatic carbocycles. The Bertz CT molecular complexity index is 781. The molecule has 3 rings (SSSR count). The molecule has 0 aromatic heterocycles. The van der Waals surface area contributed by atoms with Crippen LogP contribution in [0.25, 0.3) is 11.1 Å². The van der Waals surface area contributed by atoms with Crippen molar-refractivity contribution in [3.05, 3.63) is 54.1 Å². The summed E-state index contributed by atoms with van der Waals surface area (Å²) < 4.78 is 0. The van der Waals surface area contributed by atoms with Crippen molar-refractivity contribution in [2.24, 2.45) is 5.73 Å². The number of likely N-dealkylation sites (tertiary alicyclic amines) is 1. The molecule has 1 aliphatic heterocycles. The van der Waals surface area contributed by atoms with E-state index >= 15 is 0 Å². The molecular weight excluding hydrogens is 330 g/mol. The maximum atomic E-state index is 12.6. The van der Waals surface area contributed by atoms with E-state index in [-0.39, 0.29) is 30.2 Å². The molecule has 6 nitrogen and oxygen atoms in total. The summed E-state index contributed by atoms with van der Waals surface area (Å²) in [5, 5.41) is 12.5. The van der Waals surface area contributed by atoms with Gasteiger partial charge in [-0.1, -0.05) is 24.3 Å². The lowest BCUT2D eigenvalue weighted by molar-refractivity contribution is -0.119. The van der Waals surface area contributed by atoms with Gasteiger partial charge >= 0.3 is 0 Å². The van der Waals surface area contributed by atoms with Crippen LogP contribution in [0.2, 0.25) is 0 Å². The third kappa shape index (κ3) is 4.61. The lowest BCUT2D eigenvalue weighted by Crippen LogP contribution is -2.46. The molecule has 0 spiro atoms. The van der Waals surface area contributed by atoms with Crippen LogP contribution in [-0.4, -0.2) is 47.5 Å². The molecule has 0 atom stereocenters. The average Bonchev–Trinajstić information content (AvgIpc) is 2.63. The predicted molar refractivity (Wildman–Crippen MR) is 99.7 cm³/mol. The molecule has 0 bridgehead atoms. The van der Waals surface area contributed by atoms with Crippen molar-refractivity contribution in [3.63, 3.8) is 0 Å². The second-order valence-electron chi connectivity index (χ2n) is 6.62. The van der Waals surface area contributed by atoms with Gasteiger partial charge in [-0.25, -0.2) is 0 Å². The van der Waals surface area contributed by atoms with Crippen molar-refractivity contribution in [2.75, 3.05) is 19.6 Å². The zero-order chi connectivity index (χ0) is 18.5. The summed E-state index contributed by atoms with van der Waals surface area (Å²) in [6.07, 6.45) is 1.60. The van der Waals surface area contributed by atoms with Crippen molar-refractivity contribution >= 4 is 11.8 Å². The highest BCUT2D eigenvalue weighted by atomic mass is 16.3. The van der Waals surface area contributed by atoms with E-state index in [1.54, 1.807) is 18.2 Å². The number of phenols is 1. The third-order valence-corrected chi connectivity index (χ3v) is 4.63. The minimum absolute atomic E-state index is 0.0982.